The van der Waals surface area contributed by atoms with Crippen LogP contribution in [0.25, 0.3) is 0 Å². The molecule has 1 heterocycles. The largest absolute Gasteiger partial charge is 0.444 e. The van der Waals surface area contributed by atoms with Crippen molar-refractivity contribution in [3.8, 4) is 0 Å². The van der Waals surface area contributed by atoms with Crippen LogP contribution in [-0.4, -0.2) is 55.0 Å². The van der Waals surface area contributed by atoms with Gasteiger partial charge >= 0.3 is 6.09 Å². The molecule has 0 radical (unpaired) electrons. The average molecular weight is 368 g/mol. The maximum atomic E-state index is 12.7. The van der Waals surface area contributed by atoms with Crippen LogP contribution in [0.4, 0.5) is 4.79 Å². The van der Waals surface area contributed by atoms with Gasteiger partial charge in [-0.1, -0.05) is 29.8 Å². The van der Waals surface area contributed by atoms with Crippen LogP contribution in [0.2, 0.25) is 0 Å². The molecule has 1 atom stereocenters. The van der Waals surface area contributed by atoms with Gasteiger partial charge in [0, 0.05) is 25.7 Å². The lowest BCUT2D eigenvalue weighted by molar-refractivity contribution is 0.00857. The van der Waals surface area contributed by atoms with Gasteiger partial charge in [0.15, 0.2) is 0 Å². The second kappa shape index (κ2) is 7.33. The molecule has 1 fully saturated rings. The van der Waals surface area contributed by atoms with E-state index in [0.29, 0.717) is 6.54 Å². The fourth-order valence-corrected chi connectivity index (χ4v) is 4.35. The van der Waals surface area contributed by atoms with Gasteiger partial charge in [0.25, 0.3) is 0 Å². The summed E-state index contributed by atoms with van der Waals surface area (Å²) in [5.74, 6) is -0.0214. The van der Waals surface area contributed by atoms with Crippen LogP contribution in [0.3, 0.4) is 0 Å². The van der Waals surface area contributed by atoms with E-state index in [0.717, 1.165) is 11.1 Å². The smallest absolute Gasteiger partial charge is 0.410 e. The summed E-state index contributed by atoms with van der Waals surface area (Å²) in [6.07, 6.45) is -0.393. The zero-order chi connectivity index (χ0) is 18.8. The molecule has 2 rings (SSSR count). The lowest BCUT2D eigenvalue weighted by Gasteiger charge is -2.39. The van der Waals surface area contributed by atoms with Crippen molar-refractivity contribution in [2.24, 2.45) is 0 Å². The van der Waals surface area contributed by atoms with Gasteiger partial charge in [-0.3, -0.25) is 0 Å². The number of carbonyl (C=O) groups is 1. The summed E-state index contributed by atoms with van der Waals surface area (Å²) >= 11 is 0. The van der Waals surface area contributed by atoms with Crippen molar-refractivity contribution < 1.29 is 17.9 Å². The van der Waals surface area contributed by atoms with Crippen LogP contribution < -0.4 is 0 Å². The topological polar surface area (TPSA) is 66.9 Å². The highest BCUT2D eigenvalue weighted by atomic mass is 32.2. The second-order valence-corrected chi connectivity index (χ2v) is 9.59. The van der Waals surface area contributed by atoms with Gasteiger partial charge in [0.2, 0.25) is 10.0 Å². The minimum atomic E-state index is -3.41. The van der Waals surface area contributed by atoms with Gasteiger partial charge in [-0.25, -0.2) is 13.2 Å². The molecule has 1 aliphatic heterocycles. The zero-order valence-corrected chi connectivity index (χ0v) is 16.5. The Balaban J connectivity index is 2.01. The van der Waals surface area contributed by atoms with Gasteiger partial charge < -0.3 is 9.64 Å². The molecule has 1 aromatic carbocycles. The van der Waals surface area contributed by atoms with Crippen molar-refractivity contribution in [2.75, 3.05) is 19.6 Å². The summed E-state index contributed by atoms with van der Waals surface area (Å²) in [5, 5.41) is 0. The van der Waals surface area contributed by atoms with Crippen molar-refractivity contribution in [1.82, 2.24) is 9.21 Å². The first-order valence-electron chi connectivity index (χ1n) is 8.51. The van der Waals surface area contributed by atoms with Crippen molar-refractivity contribution in [2.45, 2.75) is 52.0 Å². The molecule has 6 nitrogen and oxygen atoms in total. The second-order valence-electron chi connectivity index (χ2n) is 7.62. The first-order chi connectivity index (χ1) is 11.5. The number of hydrogen-bond donors (Lipinski definition) is 0. The van der Waals surface area contributed by atoms with Gasteiger partial charge in [0.05, 0.1) is 5.75 Å². The first-order valence-corrected chi connectivity index (χ1v) is 10.1. The van der Waals surface area contributed by atoms with E-state index in [-0.39, 0.29) is 24.9 Å². The summed E-state index contributed by atoms with van der Waals surface area (Å²) in [6, 6.07) is 7.28. The van der Waals surface area contributed by atoms with E-state index in [1.807, 2.05) is 58.9 Å². The molecule has 1 amide bonds. The minimum absolute atomic E-state index is 0.0214. The van der Waals surface area contributed by atoms with Crippen LogP contribution in [0.1, 0.15) is 38.8 Å². The lowest BCUT2D eigenvalue weighted by Crippen LogP contribution is -2.56. The fourth-order valence-electron chi connectivity index (χ4n) is 2.75. The summed E-state index contributed by atoms with van der Waals surface area (Å²) in [4.78, 5) is 13.8. The molecule has 1 aromatic rings. The molecule has 0 spiro atoms. The van der Waals surface area contributed by atoms with E-state index in [1.54, 1.807) is 4.90 Å². The third kappa shape index (κ3) is 5.44. The van der Waals surface area contributed by atoms with Crippen molar-refractivity contribution in [1.29, 1.82) is 0 Å². The summed E-state index contributed by atoms with van der Waals surface area (Å²) in [5.41, 5.74) is 1.31. The van der Waals surface area contributed by atoms with Crippen LogP contribution in [0, 0.1) is 6.92 Å². The van der Waals surface area contributed by atoms with Crippen molar-refractivity contribution >= 4 is 16.1 Å². The van der Waals surface area contributed by atoms with E-state index < -0.39 is 21.7 Å². The van der Waals surface area contributed by atoms with E-state index in [1.165, 1.54) is 4.31 Å². The Kier molecular flexibility index (Phi) is 5.79. The Morgan fingerprint density at radius 1 is 1.20 bits per heavy atom. The van der Waals surface area contributed by atoms with Crippen LogP contribution in [-0.2, 0) is 20.5 Å². The van der Waals surface area contributed by atoms with E-state index in [4.69, 9.17) is 4.74 Å². The average Bonchev–Trinajstić information content (AvgIpc) is 2.47. The van der Waals surface area contributed by atoms with Gasteiger partial charge in [-0.15, -0.1) is 0 Å². The Morgan fingerprint density at radius 3 is 2.32 bits per heavy atom. The number of amides is 1. The molecule has 0 aliphatic carbocycles. The molecule has 7 heteroatoms. The SMILES string of the molecule is Cc1ccc(CS(=O)(=O)N2CCN(C(=O)OC(C)(C)C)[C@@H](C)C2)cc1. The zero-order valence-electron chi connectivity index (χ0n) is 15.7. The molecule has 1 aliphatic rings. The fraction of sp³-hybridized carbons (Fsp3) is 0.611. The molecule has 0 aromatic heterocycles. The normalized spacial score (nSPS) is 19.7. The van der Waals surface area contributed by atoms with E-state index in [2.05, 4.69) is 0 Å². The number of piperazine rings is 1. The quantitative estimate of drug-likeness (QED) is 0.823. The van der Waals surface area contributed by atoms with Crippen LogP contribution in [0.15, 0.2) is 24.3 Å². The molecule has 25 heavy (non-hydrogen) atoms. The predicted molar refractivity (Wildman–Crippen MR) is 97.8 cm³/mol. The summed E-state index contributed by atoms with van der Waals surface area (Å²) in [7, 11) is -3.41. The number of carbonyl (C=O) groups excluding carboxylic acids is 1. The third-order valence-corrected chi connectivity index (χ3v) is 5.90. The third-order valence-electron chi connectivity index (χ3n) is 4.08. The number of nitrogens with zero attached hydrogens (tertiary/aromatic N) is 2. The number of rotatable bonds is 3. The molecular weight excluding hydrogens is 340 g/mol. The number of hydrogen-bond acceptors (Lipinski definition) is 4. The molecule has 0 unspecified atom stereocenters. The van der Waals surface area contributed by atoms with Gasteiger partial charge in [-0.2, -0.15) is 4.31 Å². The summed E-state index contributed by atoms with van der Waals surface area (Å²) < 4.78 is 32.2. The van der Waals surface area contributed by atoms with Crippen molar-refractivity contribution in [3.05, 3.63) is 35.4 Å². The minimum Gasteiger partial charge on any atom is -0.444 e. The molecule has 1 saturated heterocycles. The molecular formula is C18H28N2O4S. The number of aryl methyl sites for hydroxylation is 1. The summed E-state index contributed by atoms with van der Waals surface area (Å²) in [6.45, 7) is 10.2. The van der Waals surface area contributed by atoms with Crippen LogP contribution in [0.5, 0.6) is 0 Å². The lowest BCUT2D eigenvalue weighted by atomic mass is 10.2. The maximum Gasteiger partial charge on any atom is 0.410 e. The number of benzene rings is 1. The number of ether oxygens (including phenoxy) is 1. The van der Waals surface area contributed by atoms with Crippen LogP contribution >= 0.6 is 0 Å². The maximum absolute atomic E-state index is 12.7. The highest BCUT2D eigenvalue weighted by Crippen LogP contribution is 2.19. The predicted octanol–water partition coefficient (Wildman–Crippen LogP) is 2.77. The Bertz CT molecular complexity index is 708. The Labute approximate surface area is 150 Å². The molecule has 140 valence electrons. The Morgan fingerprint density at radius 2 is 1.80 bits per heavy atom. The van der Waals surface area contributed by atoms with E-state index in [9.17, 15) is 13.2 Å². The van der Waals surface area contributed by atoms with Crippen molar-refractivity contribution in [3.63, 3.8) is 0 Å². The molecule has 0 N–H and O–H groups in total. The van der Waals surface area contributed by atoms with E-state index >= 15 is 0 Å². The van der Waals surface area contributed by atoms with Gasteiger partial charge in [-0.05, 0) is 40.2 Å². The molecule has 0 saturated carbocycles. The van der Waals surface area contributed by atoms with Gasteiger partial charge in [0.1, 0.15) is 5.60 Å². The first kappa shape index (κ1) is 19.7. The standard InChI is InChI=1S/C18H28N2O4S/c1-14-6-8-16(9-7-14)13-25(22,23)19-10-11-20(15(2)12-19)17(21)24-18(3,4)5/h6-9,15H,10-13H2,1-5H3/t15-/m0/s1. The highest BCUT2D eigenvalue weighted by molar-refractivity contribution is 7.88. The monoisotopic (exact) mass is 368 g/mol. The highest BCUT2D eigenvalue weighted by Gasteiger charge is 2.35. The molecule has 0 bridgehead atoms. The number of sulfonamides is 1. The Hall–Kier alpha value is -1.60.